The second-order valence-electron chi connectivity index (χ2n) is 5.22. The van der Waals surface area contributed by atoms with Gasteiger partial charge in [0.25, 0.3) is 5.69 Å². The lowest BCUT2D eigenvalue weighted by Gasteiger charge is -2.28. The van der Waals surface area contributed by atoms with Gasteiger partial charge in [0, 0.05) is 13.2 Å². The van der Waals surface area contributed by atoms with Crippen molar-refractivity contribution in [2.24, 2.45) is 0 Å². The van der Waals surface area contributed by atoms with Crippen molar-refractivity contribution in [1.29, 1.82) is 0 Å². The Labute approximate surface area is 150 Å². The molecule has 0 aliphatic carbocycles. The van der Waals surface area contributed by atoms with Gasteiger partial charge in [-0.1, -0.05) is 11.3 Å². The highest BCUT2D eigenvalue weighted by Gasteiger charge is 2.27. The number of esters is 1. The van der Waals surface area contributed by atoms with Crippen LogP contribution in [0.4, 0.5) is 16.5 Å². The molecule has 2 aromatic rings. The Hall–Kier alpha value is -3.12. The molecule has 0 bridgehead atoms. The molecule has 0 fully saturated rings. The molecule has 0 unspecified atom stereocenters. The van der Waals surface area contributed by atoms with Gasteiger partial charge in [-0.15, -0.1) is 10.2 Å². The number of hydrogen-bond acceptors (Lipinski definition) is 10. The summed E-state index contributed by atoms with van der Waals surface area (Å²) < 4.78 is 9.96. The maximum Gasteiger partial charge on any atom is 0.331 e. The number of fused-ring (bicyclic) bond motifs is 1. The number of carbonyl (C=O) groups is 2. The number of nitrogens with one attached hydrogen (secondary N) is 1. The minimum absolute atomic E-state index is 0.0431. The van der Waals surface area contributed by atoms with Crippen LogP contribution in [0.25, 0.3) is 0 Å². The molecule has 1 aromatic heterocycles. The molecule has 0 radical (unpaired) electrons. The number of nitro benzene ring substituents is 1. The molecule has 1 N–H and O–H groups in total. The first-order chi connectivity index (χ1) is 12.5. The van der Waals surface area contributed by atoms with E-state index in [0.29, 0.717) is 15.8 Å². The maximum atomic E-state index is 12.2. The Morgan fingerprint density at radius 1 is 1.50 bits per heavy atom. The summed E-state index contributed by atoms with van der Waals surface area (Å²) in [6.07, 6.45) is 0. The fourth-order valence-corrected chi connectivity index (χ4v) is 3.04. The van der Waals surface area contributed by atoms with Gasteiger partial charge in [0.15, 0.2) is 5.75 Å². The van der Waals surface area contributed by atoms with Gasteiger partial charge in [-0.3, -0.25) is 20.2 Å². The topological polar surface area (TPSA) is 137 Å². The number of amides is 1. The first kappa shape index (κ1) is 17.7. The zero-order chi connectivity index (χ0) is 18.7. The Kier molecular flexibility index (Phi) is 5.04. The molecule has 26 heavy (non-hydrogen) atoms. The first-order valence-corrected chi connectivity index (χ1v) is 8.13. The zero-order valence-electron chi connectivity index (χ0n) is 13.5. The Morgan fingerprint density at radius 3 is 3.04 bits per heavy atom. The predicted octanol–water partition coefficient (Wildman–Crippen LogP) is 0.957. The van der Waals surface area contributed by atoms with Crippen LogP contribution in [0, 0.1) is 10.1 Å². The van der Waals surface area contributed by atoms with E-state index in [4.69, 9.17) is 9.47 Å². The summed E-state index contributed by atoms with van der Waals surface area (Å²) in [4.78, 5) is 35.7. The fraction of sp³-hybridized carbons (Fsp3) is 0.286. The standard InChI is InChI=1S/C14H13N5O6S/c1-24-7-12-16-17-14(26-12)15-11(20)5-18-6-13(21)25-10-4-8(19(22)23)2-3-9(10)18/h2-4H,5-7H2,1H3,(H,15,17,20). The highest BCUT2D eigenvalue weighted by molar-refractivity contribution is 7.15. The van der Waals surface area contributed by atoms with E-state index in [0.717, 1.165) is 6.07 Å². The number of anilines is 2. The summed E-state index contributed by atoms with van der Waals surface area (Å²) in [6, 6.07) is 3.87. The zero-order valence-corrected chi connectivity index (χ0v) is 14.3. The Morgan fingerprint density at radius 2 is 2.31 bits per heavy atom. The lowest BCUT2D eigenvalue weighted by atomic mass is 10.2. The molecule has 0 saturated heterocycles. The van der Waals surface area contributed by atoms with Crippen molar-refractivity contribution in [1.82, 2.24) is 10.2 Å². The van der Waals surface area contributed by atoms with E-state index >= 15 is 0 Å². The molecule has 1 amide bonds. The number of nitro groups is 1. The van der Waals surface area contributed by atoms with E-state index in [1.165, 1.54) is 35.5 Å². The fourth-order valence-electron chi connectivity index (χ4n) is 2.31. The van der Waals surface area contributed by atoms with E-state index in [9.17, 15) is 19.7 Å². The van der Waals surface area contributed by atoms with Crippen LogP contribution in [-0.2, 0) is 20.9 Å². The summed E-state index contributed by atoms with van der Waals surface area (Å²) in [7, 11) is 1.52. The third-order valence-electron chi connectivity index (χ3n) is 3.35. The minimum atomic E-state index is -0.607. The number of rotatable bonds is 6. The van der Waals surface area contributed by atoms with Crippen molar-refractivity contribution in [3.8, 4) is 5.75 Å². The number of benzene rings is 1. The van der Waals surface area contributed by atoms with Crippen LogP contribution in [0.15, 0.2) is 18.2 Å². The molecule has 11 nitrogen and oxygen atoms in total. The van der Waals surface area contributed by atoms with Gasteiger partial charge in [0.1, 0.15) is 18.2 Å². The Bertz CT molecular complexity index is 869. The third kappa shape index (κ3) is 3.92. The number of hydrogen-bond donors (Lipinski definition) is 1. The largest absolute Gasteiger partial charge is 0.423 e. The average Bonchev–Trinajstić information content (AvgIpc) is 3.01. The quantitative estimate of drug-likeness (QED) is 0.336. The summed E-state index contributed by atoms with van der Waals surface area (Å²) in [6.45, 7) is -0.0139. The summed E-state index contributed by atoms with van der Waals surface area (Å²) in [5.41, 5.74) is 0.213. The van der Waals surface area contributed by atoms with E-state index < -0.39 is 16.8 Å². The van der Waals surface area contributed by atoms with Crippen molar-refractivity contribution in [2.45, 2.75) is 6.61 Å². The Balaban J connectivity index is 1.72. The molecule has 3 rings (SSSR count). The number of non-ortho nitro benzene ring substituents is 1. The predicted molar refractivity (Wildman–Crippen MR) is 90.2 cm³/mol. The van der Waals surface area contributed by atoms with E-state index in [-0.39, 0.29) is 31.1 Å². The van der Waals surface area contributed by atoms with Gasteiger partial charge in [0.2, 0.25) is 11.0 Å². The van der Waals surface area contributed by atoms with Crippen molar-refractivity contribution in [3.63, 3.8) is 0 Å². The van der Waals surface area contributed by atoms with Crippen LogP contribution < -0.4 is 15.0 Å². The van der Waals surface area contributed by atoms with E-state index in [1.54, 1.807) is 0 Å². The molecule has 136 valence electrons. The van der Waals surface area contributed by atoms with Crippen molar-refractivity contribution < 1.29 is 24.0 Å². The van der Waals surface area contributed by atoms with Crippen molar-refractivity contribution >= 4 is 39.7 Å². The molecule has 0 atom stereocenters. The number of nitrogens with zero attached hydrogens (tertiary/aromatic N) is 4. The average molecular weight is 379 g/mol. The van der Waals surface area contributed by atoms with Crippen LogP contribution in [0.1, 0.15) is 5.01 Å². The summed E-state index contributed by atoms with van der Waals surface area (Å²) >= 11 is 1.17. The summed E-state index contributed by atoms with van der Waals surface area (Å²) in [5, 5.41) is 22.0. The smallest absolute Gasteiger partial charge is 0.331 e. The number of ether oxygens (including phenoxy) is 2. The lowest BCUT2D eigenvalue weighted by Crippen LogP contribution is -2.41. The maximum absolute atomic E-state index is 12.2. The van der Waals surface area contributed by atoms with Gasteiger partial charge >= 0.3 is 5.97 Å². The number of carbonyl (C=O) groups excluding carboxylic acids is 2. The second-order valence-corrected chi connectivity index (χ2v) is 6.28. The molecule has 0 saturated carbocycles. The van der Waals surface area contributed by atoms with E-state index in [1.807, 2.05) is 0 Å². The molecular weight excluding hydrogens is 366 g/mol. The second kappa shape index (κ2) is 7.41. The van der Waals surface area contributed by atoms with Gasteiger partial charge in [-0.05, 0) is 6.07 Å². The molecule has 1 aliphatic heterocycles. The van der Waals surface area contributed by atoms with Crippen LogP contribution in [0.2, 0.25) is 0 Å². The molecule has 1 aliphatic rings. The SMILES string of the molecule is COCc1nnc(NC(=O)CN2CC(=O)Oc3cc([N+](=O)[O-])ccc32)s1. The number of methoxy groups -OCH3 is 1. The van der Waals surface area contributed by atoms with Crippen molar-refractivity contribution in [2.75, 3.05) is 30.4 Å². The summed E-state index contributed by atoms with van der Waals surface area (Å²) in [5.74, 6) is -0.977. The molecule has 0 spiro atoms. The first-order valence-electron chi connectivity index (χ1n) is 7.31. The minimum Gasteiger partial charge on any atom is -0.423 e. The van der Waals surface area contributed by atoms with Crippen LogP contribution in [0.3, 0.4) is 0 Å². The van der Waals surface area contributed by atoms with Crippen LogP contribution >= 0.6 is 11.3 Å². The molecule has 12 heteroatoms. The van der Waals surface area contributed by atoms with Gasteiger partial charge in [0.05, 0.1) is 23.2 Å². The van der Waals surface area contributed by atoms with Gasteiger partial charge in [-0.25, -0.2) is 4.79 Å². The monoisotopic (exact) mass is 379 g/mol. The molecule has 2 heterocycles. The highest BCUT2D eigenvalue weighted by Crippen LogP contribution is 2.35. The van der Waals surface area contributed by atoms with Crippen LogP contribution in [-0.4, -0.2) is 47.2 Å². The molecule has 1 aromatic carbocycles. The normalized spacial score (nSPS) is 13.1. The lowest BCUT2D eigenvalue weighted by molar-refractivity contribution is -0.384. The van der Waals surface area contributed by atoms with Gasteiger partial charge < -0.3 is 14.4 Å². The molecular formula is C14H13N5O6S. The number of aromatic nitrogens is 2. The highest BCUT2D eigenvalue weighted by atomic mass is 32.1. The van der Waals surface area contributed by atoms with Crippen LogP contribution in [0.5, 0.6) is 5.75 Å². The van der Waals surface area contributed by atoms with E-state index in [2.05, 4.69) is 15.5 Å². The third-order valence-corrected chi connectivity index (χ3v) is 4.17. The van der Waals surface area contributed by atoms with Gasteiger partial charge in [-0.2, -0.15) is 0 Å². The van der Waals surface area contributed by atoms with Crippen molar-refractivity contribution in [3.05, 3.63) is 33.3 Å².